The van der Waals surface area contributed by atoms with Crippen molar-refractivity contribution in [3.8, 4) is 5.82 Å². The Hall–Kier alpha value is -2.62. The summed E-state index contributed by atoms with van der Waals surface area (Å²) in [5.41, 5.74) is 0.876. The summed E-state index contributed by atoms with van der Waals surface area (Å²) >= 11 is 0. The van der Waals surface area contributed by atoms with Gasteiger partial charge in [0.25, 0.3) is 0 Å². The van der Waals surface area contributed by atoms with Crippen LogP contribution in [0.3, 0.4) is 0 Å². The second-order valence-electron chi connectivity index (χ2n) is 6.56. The second kappa shape index (κ2) is 8.38. The number of urea groups is 1. The number of amides is 2. The van der Waals surface area contributed by atoms with E-state index in [0.717, 1.165) is 5.56 Å². The molecule has 3 rings (SSSR count). The molecule has 10 heteroatoms. The number of halogens is 3. The lowest BCUT2D eigenvalue weighted by molar-refractivity contribution is -0.143. The predicted molar refractivity (Wildman–Crippen MR) is 92.2 cm³/mol. The summed E-state index contributed by atoms with van der Waals surface area (Å²) in [6.07, 6.45) is 3.18. The molecule has 1 atom stereocenters. The highest BCUT2D eigenvalue weighted by atomic mass is 19.4. The molecule has 0 saturated carbocycles. The van der Waals surface area contributed by atoms with E-state index in [2.05, 4.69) is 20.6 Å². The van der Waals surface area contributed by atoms with Crippen molar-refractivity contribution in [3.63, 3.8) is 0 Å². The Morgan fingerprint density at radius 2 is 2.15 bits per heavy atom. The van der Waals surface area contributed by atoms with Gasteiger partial charge >= 0.3 is 12.2 Å². The Balaban J connectivity index is 1.40. The topological polar surface area (TPSA) is 75.1 Å². The zero-order valence-corrected chi connectivity index (χ0v) is 14.6. The molecule has 1 saturated heterocycles. The van der Waals surface area contributed by atoms with Crippen molar-refractivity contribution in [3.05, 3.63) is 42.6 Å². The van der Waals surface area contributed by atoms with Crippen LogP contribution in [0.2, 0.25) is 0 Å². The van der Waals surface area contributed by atoms with E-state index in [4.69, 9.17) is 0 Å². The fourth-order valence-electron chi connectivity index (χ4n) is 3.06. The molecular formula is C17H21F3N6O. The number of pyridine rings is 1. The molecular weight excluding hydrogens is 361 g/mol. The van der Waals surface area contributed by atoms with Crippen LogP contribution in [0.4, 0.5) is 18.0 Å². The number of hydrogen-bond donors (Lipinski definition) is 2. The van der Waals surface area contributed by atoms with Crippen molar-refractivity contribution in [2.75, 3.05) is 26.2 Å². The van der Waals surface area contributed by atoms with Gasteiger partial charge in [-0.25, -0.2) is 14.8 Å². The summed E-state index contributed by atoms with van der Waals surface area (Å²) in [6.45, 7) is 0.536. The largest absolute Gasteiger partial charge is 0.401 e. The maximum absolute atomic E-state index is 12.4. The normalized spacial score (nSPS) is 17.8. The van der Waals surface area contributed by atoms with Gasteiger partial charge in [0.1, 0.15) is 12.1 Å². The highest BCUT2D eigenvalue weighted by molar-refractivity contribution is 5.73. The Labute approximate surface area is 154 Å². The summed E-state index contributed by atoms with van der Waals surface area (Å²) in [5.74, 6) is 0.731. The van der Waals surface area contributed by atoms with Crippen molar-refractivity contribution < 1.29 is 18.0 Å². The molecule has 0 radical (unpaired) electrons. The zero-order valence-electron chi connectivity index (χ0n) is 14.6. The fraction of sp³-hybridized carbons (Fsp3) is 0.471. The third-order valence-electron chi connectivity index (χ3n) is 4.36. The van der Waals surface area contributed by atoms with Crippen LogP contribution in [0.1, 0.15) is 12.0 Å². The van der Waals surface area contributed by atoms with Crippen molar-refractivity contribution in [2.45, 2.75) is 19.1 Å². The Morgan fingerprint density at radius 3 is 2.89 bits per heavy atom. The van der Waals surface area contributed by atoms with E-state index in [9.17, 15) is 18.0 Å². The first kappa shape index (κ1) is 19.2. The van der Waals surface area contributed by atoms with E-state index in [1.807, 2.05) is 6.07 Å². The average Bonchev–Trinajstić information content (AvgIpc) is 3.29. The van der Waals surface area contributed by atoms with Gasteiger partial charge in [0.05, 0.1) is 6.54 Å². The number of carbonyl (C=O) groups is 1. The van der Waals surface area contributed by atoms with E-state index in [0.29, 0.717) is 38.4 Å². The molecule has 146 valence electrons. The Bertz CT molecular complexity index is 749. The molecule has 3 heterocycles. The van der Waals surface area contributed by atoms with Crippen LogP contribution in [0.15, 0.2) is 37.1 Å². The summed E-state index contributed by atoms with van der Waals surface area (Å²) in [4.78, 5) is 21.5. The van der Waals surface area contributed by atoms with Crippen LogP contribution in [0, 0.1) is 5.92 Å². The minimum absolute atomic E-state index is 0.0341. The molecule has 2 N–H and O–H groups in total. The van der Waals surface area contributed by atoms with Crippen LogP contribution in [0.5, 0.6) is 0 Å². The number of nitrogens with zero attached hydrogens (tertiary/aromatic N) is 4. The van der Waals surface area contributed by atoms with Crippen molar-refractivity contribution in [1.29, 1.82) is 0 Å². The fourth-order valence-corrected chi connectivity index (χ4v) is 3.06. The van der Waals surface area contributed by atoms with Gasteiger partial charge in [-0.05, 0) is 36.6 Å². The first-order chi connectivity index (χ1) is 12.9. The first-order valence-corrected chi connectivity index (χ1v) is 8.63. The highest BCUT2D eigenvalue weighted by Gasteiger charge is 2.34. The molecule has 0 spiro atoms. The van der Waals surface area contributed by atoms with Crippen molar-refractivity contribution in [1.82, 2.24) is 30.1 Å². The van der Waals surface area contributed by atoms with Gasteiger partial charge < -0.3 is 10.6 Å². The lowest BCUT2D eigenvalue weighted by atomic mass is 10.1. The van der Waals surface area contributed by atoms with E-state index < -0.39 is 12.7 Å². The maximum Gasteiger partial charge on any atom is 0.401 e. The van der Waals surface area contributed by atoms with Gasteiger partial charge in [0.15, 0.2) is 0 Å². The smallest absolute Gasteiger partial charge is 0.338 e. The van der Waals surface area contributed by atoms with Gasteiger partial charge in [-0.2, -0.15) is 13.2 Å². The maximum atomic E-state index is 12.4. The standard InChI is InChI=1S/C17H21F3N6O/c18-17(19,20)11-25-5-2-14(10-25)9-24-16(27)23-8-13-1-3-22-15(7-13)26-6-4-21-12-26/h1,3-4,6-7,12,14H,2,5,8-11H2,(H2,23,24,27). The van der Waals surface area contributed by atoms with Crippen LogP contribution < -0.4 is 10.6 Å². The van der Waals surface area contributed by atoms with Gasteiger partial charge in [0.2, 0.25) is 0 Å². The lowest BCUT2D eigenvalue weighted by Crippen LogP contribution is -2.39. The SMILES string of the molecule is O=C(NCc1ccnc(-n2ccnc2)c1)NCC1CCN(CC(F)(F)F)C1. The molecule has 1 unspecified atom stereocenters. The lowest BCUT2D eigenvalue weighted by Gasteiger charge is -2.18. The predicted octanol–water partition coefficient (Wildman–Crippen LogP) is 1.95. The van der Waals surface area contributed by atoms with Gasteiger partial charge in [-0.1, -0.05) is 0 Å². The van der Waals surface area contributed by atoms with E-state index in [1.54, 1.807) is 35.6 Å². The number of hydrogen-bond acceptors (Lipinski definition) is 4. The molecule has 0 aromatic carbocycles. The van der Waals surface area contributed by atoms with Gasteiger partial charge in [-0.3, -0.25) is 9.47 Å². The Kier molecular flexibility index (Phi) is 5.94. The molecule has 2 aromatic rings. The number of likely N-dealkylation sites (tertiary alicyclic amines) is 1. The van der Waals surface area contributed by atoms with E-state index in [1.165, 1.54) is 4.90 Å². The molecule has 0 aliphatic carbocycles. The average molecular weight is 382 g/mol. The molecule has 0 bridgehead atoms. The first-order valence-electron chi connectivity index (χ1n) is 8.63. The summed E-state index contributed by atoms with van der Waals surface area (Å²) in [6, 6.07) is 3.30. The number of alkyl halides is 3. The van der Waals surface area contributed by atoms with Gasteiger partial charge in [0, 0.05) is 38.2 Å². The molecule has 27 heavy (non-hydrogen) atoms. The van der Waals surface area contributed by atoms with Gasteiger partial charge in [-0.15, -0.1) is 0 Å². The monoisotopic (exact) mass is 382 g/mol. The minimum atomic E-state index is -4.18. The molecule has 7 nitrogen and oxygen atoms in total. The number of imidazole rings is 1. The summed E-state index contributed by atoms with van der Waals surface area (Å²) in [7, 11) is 0. The molecule has 1 aliphatic rings. The third kappa shape index (κ3) is 5.95. The number of aromatic nitrogens is 3. The molecule has 1 aliphatic heterocycles. The summed E-state index contributed by atoms with van der Waals surface area (Å²) in [5, 5.41) is 5.48. The summed E-state index contributed by atoms with van der Waals surface area (Å²) < 4.78 is 39.0. The van der Waals surface area contributed by atoms with Crippen LogP contribution in [-0.4, -0.2) is 57.8 Å². The third-order valence-corrected chi connectivity index (χ3v) is 4.36. The van der Waals surface area contributed by atoms with Crippen molar-refractivity contribution >= 4 is 6.03 Å². The number of rotatable bonds is 6. The molecule has 2 aromatic heterocycles. The van der Waals surface area contributed by atoms with Crippen molar-refractivity contribution in [2.24, 2.45) is 5.92 Å². The quantitative estimate of drug-likeness (QED) is 0.801. The zero-order chi connectivity index (χ0) is 19.3. The molecule has 2 amide bonds. The van der Waals surface area contributed by atoms with Crippen LogP contribution in [0.25, 0.3) is 5.82 Å². The minimum Gasteiger partial charge on any atom is -0.338 e. The Morgan fingerprint density at radius 1 is 1.30 bits per heavy atom. The van der Waals surface area contributed by atoms with E-state index in [-0.39, 0.29) is 11.9 Å². The van der Waals surface area contributed by atoms with Crippen LogP contribution >= 0.6 is 0 Å². The van der Waals surface area contributed by atoms with Crippen LogP contribution in [-0.2, 0) is 6.54 Å². The van der Waals surface area contributed by atoms with E-state index >= 15 is 0 Å². The second-order valence-corrected chi connectivity index (χ2v) is 6.56. The molecule has 1 fully saturated rings. The number of carbonyl (C=O) groups excluding carboxylic acids is 1. The number of nitrogens with one attached hydrogen (secondary N) is 2. The highest BCUT2D eigenvalue weighted by Crippen LogP contribution is 2.22.